The van der Waals surface area contributed by atoms with Gasteiger partial charge in [0, 0.05) is 16.7 Å². The highest BCUT2D eigenvalue weighted by Crippen LogP contribution is 2.12. The molecule has 0 unspecified atom stereocenters. The first kappa shape index (κ1) is 14.0. The third kappa shape index (κ3) is 6.32. The van der Waals surface area contributed by atoms with Crippen molar-refractivity contribution in [2.45, 2.75) is 6.42 Å². The van der Waals surface area contributed by atoms with Crippen LogP contribution in [-0.4, -0.2) is 11.7 Å². The van der Waals surface area contributed by atoms with E-state index in [0.29, 0.717) is 0 Å². The third-order valence-corrected chi connectivity index (χ3v) is 2.55. The third-order valence-electron chi connectivity index (χ3n) is 2.05. The van der Waals surface area contributed by atoms with Crippen molar-refractivity contribution >= 4 is 23.2 Å². The van der Waals surface area contributed by atoms with E-state index in [1.165, 1.54) is 5.56 Å². The van der Waals surface area contributed by atoms with Crippen molar-refractivity contribution in [1.29, 1.82) is 0 Å². The van der Waals surface area contributed by atoms with E-state index in [2.05, 4.69) is 0 Å². The second-order valence-corrected chi connectivity index (χ2v) is 4.27. The molecule has 0 atom stereocenters. The Bertz CT molecular complexity index is 391. The van der Waals surface area contributed by atoms with Crippen molar-refractivity contribution in [2.75, 3.05) is 6.61 Å². The molecule has 2 aromatic carbocycles. The van der Waals surface area contributed by atoms with Crippen LogP contribution in [0.1, 0.15) is 5.56 Å². The molecule has 0 aliphatic rings. The van der Waals surface area contributed by atoms with E-state index in [4.69, 9.17) is 28.3 Å². The highest BCUT2D eigenvalue weighted by atomic mass is 35.5. The monoisotopic (exact) mass is 268 g/mol. The van der Waals surface area contributed by atoms with Gasteiger partial charge in [0.15, 0.2) is 0 Å². The topological polar surface area (TPSA) is 20.2 Å². The molecule has 0 fully saturated rings. The maximum absolute atomic E-state index is 8.52. The summed E-state index contributed by atoms with van der Waals surface area (Å²) in [6.45, 7) is 0.240. The van der Waals surface area contributed by atoms with Crippen LogP contribution in [-0.2, 0) is 6.42 Å². The summed E-state index contributed by atoms with van der Waals surface area (Å²) in [4.78, 5) is 0. The Morgan fingerprint density at radius 3 is 1.65 bits per heavy atom. The van der Waals surface area contributed by atoms with Crippen LogP contribution < -0.4 is 0 Å². The summed E-state index contributed by atoms with van der Waals surface area (Å²) in [7, 11) is 0. The normalized spacial score (nSPS) is 9.35. The van der Waals surface area contributed by atoms with Crippen molar-refractivity contribution in [2.24, 2.45) is 0 Å². The zero-order valence-corrected chi connectivity index (χ0v) is 10.8. The fourth-order valence-electron chi connectivity index (χ4n) is 1.20. The minimum Gasteiger partial charge on any atom is -0.396 e. The number of rotatable bonds is 2. The van der Waals surface area contributed by atoms with Gasteiger partial charge in [0.05, 0.1) is 0 Å². The number of aliphatic hydroxyl groups excluding tert-OH is 1. The van der Waals surface area contributed by atoms with Crippen LogP contribution in [0, 0.1) is 0 Å². The van der Waals surface area contributed by atoms with Gasteiger partial charge in [-0.05, 0) is 36.2 Å². The van der Waals surface area contributed by atoms with Crippen molar-refractivity contribution in [1.82, 2.24) is 0 Å². The first-order valence-electron chi connectivity index (χ1n) is 5.28. The lowest BCUT2D eigenvalue weighted by atomic mass is 10.2. The molecule has 17 heavy (non-hydrogen) atoms. The molecule has 0 heterocycles. The van der Waals surface area contributed by atoms with E-state index >= 15 is 0 Å². The Labute approximate surface area is 112 Å². The summed E-state index contributed by atoms with van der Waals surface area (Å²) in [5.74, 6) is 0. The number of hydrogen-bond acceptors (Lipinski definition) is 1. The van der Waals surface area contributed by atoms with E-state index in [0.717, 1.165) is 16.5 Å². The van der Waals surface area contributed by atoms with Gasteiger partial charge in [-0.2, -0.15) is 0 Å². The average molecular weight is 269 g/mol. The molecule has 0 bridgehead atoms. The Morgan fingerprint density at radius 1 is 0.765 bits per heavy atom. The number of aliphatic hydroxyl groups is 1. The van der Waals surface area contributed by atoms with Crippen LogP contribution >= 0.6 is 23.2 Å². The highest BCUT2D eigenvalue weighted by molar-refractivity contribution is 6.32. The minimum atomic E-state index is 0.240. The molecule has 2 aromatic rings. The summed E-state index contributed by atoms with van der Waals surface area (Å²) in [6.07, 6.45) is 0.765. The number of halogens is 2. The van der Waals surface area contributed by atoms with E-state index < -0.39 is 0 Å². The van der Waals surface area contributed by atoms with E-state index in [-0.39, 0.29) is 6.61 Å². The van der Waals surface area contributed by atoms with Gasteiger partial charge >= 0.3 is 0 Å². The average Bonchev–Trinajstić information content (AvgIpc) is 2.36. The van der Waals surface area contributed by atoms with Crippen LogP contribution in [0.2, 0.25) is 10.0 Å². The van der Waals surface area contributed by atoms with Gasteiger partial charge in [-0.3, -0.25) is 0 Å². The van der Waals surface area contributed by atoms with Crippen molar-refractivity contribution in [3.63, 3.8) is 0 Å². The smallest absolute Gasteiger partial charge is 0.0471 e. The Morgan fingerprint density at radius 2 is 1.24 bits per heavy atom. The first-order valence-corrected chi connectivity index (χ1v) is 6.04. The quantitative estimate of drug-likeness (QED) is 0.865. The van der Waals surface area contributed by atoms with Crippen LogP contribution in [0.5, 0.6) is 0 Å². The molecule has 3 heteroatoms. The zero-order valence-electron chi connectivity index (χ0n) is 9.31. The number of benzene rings is 2. The van der Waals surface area contributed by atoms with Crippen LogP contribution in [0.15, 0.2) is 54.6 Å². The predicted octanol–water partition coefficient (Wildman–Crippen LogP) is 4.21. The van der Waals surface area contributed by atoms with Gasteiger partial charge in [0.1, 0.15) is 0 Å². The molecule has 1 N–H and O–H groups in total. The molecule has 0 saturated carbocycles. The van der Waals surface area contributed by atoms with Crippen LogP contribution in [0.4, 0.5) is 0 Å². The molecule has 90 valence electrons. The van der Waals surface area contributed by atoms with Gasteiger partial charge in [-0.15, -0.1) is 0 Å². The van der Waals surface area contributed by atoms with Crippen LogP contribution in [0.25, 0.3) is 0 Å². The molecule has 0 aliphatic carbocycles. The Hall–Kier alpha value is -1.02. The summed E-state index contributed by atoms with van der Waals surface area (Å²) in [5, 5.41) is 9.95. The number of hydrogen-bond donors (Lipinski definition) is 1. The maximum Gasteiger partial charge on any atom is 0.0471 e. The van der Waals surface area contributed by atoms with Crippen molar-refractivity contribution in [3.05, 3.63) is 70.2 Å². The van der Waals surface area contributed by atoms with Crippen molar-refractivity contribution in [3.8, 4) is 0 Å². The molecule has 0 amide bonds. The second kappa shape index (κ2) is 8.13. The van der Waals surface area contributed by atoms with E-state index in [1.54, 1.807) is 24.3 Å². The predicted molar refractivity (Wildman–Crippen MR) is 73.7 cm³/mol. The maximum atomic E-state index is 8.52. The molecule has 0 radical (unpaired) electrons. The molecular formula is C14H14Cl2O. The SMILES string of the molecule is Clc1ccc(Cl)cc1.OCCc1ccccc1. The molecule has 0 saturated heterocycles. The van der Waals surface area contributed by atoms with Gasteiger partial charge in [-0.1, -0.05) is 53.5 Å². The summed E-state index contributed by atoms with van der Waals surface area (Å²) in [6, 6.07) is 17.0. The molecular weight excluding hydrogens is 255 g/mol. The summed E-state index contributed by atoms with van der Waals surface area (Å²) >= 11 is 11.1. The zero-order chi connectivity index (χ0) is 12.5. The Balaban J connectivity index is 0.000000171. The highest BCUT2D eigenvalue weighted by Gasteiger charge is 1.85. The van der Waals surface area contributed by atoms with Crippen molar-refractivity contribution < 1.29 is 5.11 Å². The lowest BCUT2D eigenvalue weighted by Crippen LogP contribution is -1.88. The molecule has 0 aliphatic heterocycles. The largest absolute Gasteiger partial charge is 0.396 e. The fourth-order valence-corrected chi connectivity index (χ4v) is 1.46. The summed E-state index contributed by atoms with van der Waals surface area (Å²) in [5.41, 5.74) is 1.19. The van der Waals surface area contributed by atoms with Crippen LogP contribution in [0.3, 0.4) is 0 Å². The minimum absolute atomic E-state index is 0.240. The lowest BCUT2D eigenvalue weighted by Gasteiger charge is -1.93. The van der Waals surface area contributed by atoms with E-state index in [1.807, 2.05) is 30.3 Å². The van der Waals surface area contributed by atoms with E-state index in [9.17, 15) is 0 Å². The molecule has 1 nitrogen and oxygen atoms in total. The summed E-state index contributed by atoms with van der Waals surface area (Å²) < 4.78 is 0. The van der Waals surface area contributed by atoms with Gasteiger partial charge in [0.2, 0.25) is 0 Å². The Kier molecular flexibility index (Phi) is 6.71. The fraction of sp³-hybridized carbons (Fsp3) is 0.143. The second-order valence-electron chi connectivity index (χ2n) is 3.40. The molecule has 2 rings (SSSR count). The first-order chi connectivity index (χ1) is 8.22. The van der Waals surface area contributed by atoms with Gasteiger partial charge in [-0.25, -0.2) is 0 Å². The lowest BCUT2D eigenvalue weighted by molar-refractivity contribution is 0.299. The molecule has 0 spiro atoms. The van der Waals surface area contributed by atoms with Gasteiger partial charge < -0.3 is 5.11 Å². The standard InChI is InChI=1S/C8H10O.C6H4Cl2/c9-7-6-8-4-2-1-3-5-8;7-5-1-2-6(8)4-3-5/h1-5,9H,6-7H2;1-4H. The van der Waals surface area contributed by atoms with Gasteiger partial charge in [0.25, 0.3) is 0 Å². The molecule has 0 aromatic heterocycles.